The van der Waals surface area contributed by atoms with E-state index in [9.17, 15) is 0 Å². The lowest BCUT2D eigenvalue weighted by Gasteiger charge is -2.17. The van der Waals surface area contributed by atoms with E-state index < -0.39 is 5.54 Å². The number of thiazole rings is 1. The Morgan fingerprint density at radius 1 is 1.38 bits per heavy atom. The van der Waals surface area contributed by atoms with Crippen molar-refractivity contribution in [3.05, 3.63) is 16.7 Å². The van der Waals surface area contributed by atoms with E-state index in [4.69, 9.17) is 10.3 Å². The summed E-state index contributed by atoms with van der Waals surface area (Å²) in [7, 11) is 0. The minimum atomic E-state index is -0.391. The van der Waals surface area contributed by atoms with Crippen LogP contribution in [0.3, 0.4) is 0 Å². The van der Waals surface area contributed by atoms with Crippen LogP contribution in [0.5, 0.6) is 0 Å². The predicted molar refractivity (Wildman–Crippen MR) is 59.7 cm³/mol. The molecule has 0 aliphatic heterocycles. The average molecular weight is 236 g/mol. The van der Waals surface area contributed by atoms with Crippen molar-refractivity contribution in [2.24, 2.45) is 5.73 Å². The fourth-order valence-corrected chi connectivity index (χ4v) is 2.60. The topological polar surface area (TPSA) is 77.8 Å². The molecule has 1 aliphatic carbocycles. The number of aromatic nitrogens is 3. The van der Waals surface area contributed by atoms with Crippen molar-refractivity contribution in [2.45, 2.75) is 31.2 Å². The van der Waals surface area contributed by atoms with Crippen molar-refractivity contribution in [3.63, 3.8) is 0 Å². The lowest BCUT2D eigenvalue weighted by molar-refractivity contribution is 0.372. The largest absolute Gasteiger partial charge is 0.332 e. The molecular formula is C10H12N4OS. The standard InChI is InChI=1S/C10H12N4OS/c11-10(3-1-2-4-10)9-13-8(15-14-9)7-5-16-6-12-7/h5-6H,1-4,11H2. The second-order valence-electron chi connectivity index (χ2n) is 4.16. The Kier molecular flexibility index (Phi) is 2.26. The summed E-state index contributed by atoms with van der Waals surface area (Å²) in [5, 5.41) is 5.86. The molecular weight excluding hydrogens is 224 g/mol. The van der Waals surface area contributed by atoms with Crippen molar-refractivity contribution in [2.75, 3.05) is 0 Å². The minimum absolute atomic E-state index is 0.391. The summed E-state index contributed by atoms with van der Waals surface area (Å²) < 4.78 is 5.19. The maximum Gasteiger partial charge on any atom is 0.277 e. The molecule has 16 heavy (non-hydrogen) atoms. The van der Waals surface area contributed by atoms with Gasteiger partial charge in [-0.1, -0.05) is 18.0 Å². The van der Waals surface area contributed by atoms with Gasteiger partial charge in [0.2, 0.25) is 0 Å². The highest BCUT2D eigenvalue weighted by Gasteiger charge is 2.36. The normalized spacial score (nSPS) is 19.1. The summed E-state index contributed by atoms with van der Waals surface area (Å²) in [4.78, 5) is 8.48. The first kappa shape index (κ1) is 9.92. The van der Waals surface area contributed by atoms with Crippen molar-refractivity contribution in [3.8, 4) is 11.6 Å². The number of hydrogen-bond acceptors (Lipinski definition) is 6. The third-order valence-electron chi connectivity index (χ3n) is 3.02. The molecule has 2 heterocycles. The smallest absolute Gasteiger partial charge is 0.277 e. The third kappa shape index (κ3) is 1.54. The lowest BCUT2D eigenvalue weighted by atomic mass is 9.99. The van der Waals surface area contributed by atoms with Crippen LogP contribution in [0.1, 0.15) is 31.5 Å². The summed E-state index contributed by atoms with van der Waals surface area (Å²) in [5.41, 5.74) is 8.32. The summed E-state index contributed by atoms with van der Waals surface area (Å²) >= 11 is 1.50. The van der Waals surface area contributed by atoms with E-state index in [-0.39, 0.29) is 0 Å². The second kappa shape index (κ2) is 3.64. The SMILES string of the molecule is NC1(c2noc(-c3cscn3)n2)CCCC1. The van der Waals surface area contributed by atoms with Crippen LogP contribution < -0.4 is 5.73 Å². The molecule has 0 radical (unpaired) electrons. The van der Waals surface area contributed by atoms with Crippen LogP contribution in [0, 0.1) is 0 Å². The van der Waals surface area contributed by atoms with Gasteiger partial charge in [-0.25, -0.2) is 4.98 Å². The van der Waals surface area contributed by atoms with E-state index >= 15 is 0 Å². The monoisotopic (exact) mass is 236 g/mol. The van der Waals surface area contributed by atoms with Gasteiger partial charge in [-0.15, -0.1) is 11.3 Å². The van der Waals surface area contributed by atoms with Crippen LogP contribution in [0.25, 0.3) is 11.6 Å². The molecule has 2 aromatic rings. The molecule has 3 rings (SSSR count). The Bertz CT molecular complexity index is 473. The van der Waals surface area contributed by atoms with Gasteiger partial charge in [-0.2, -0.15) is 4.98 Å². The van der Waals surface area contributed by atoms with Crippen LogP contribution in [0.4, 0.5) is 0 Å². The zero-order valence-corrected chi connectivity index (χ0v) is 9.54. The first-order valence-corrected chi connectivity index (χ1v) is 6.24. The highest BCUT2D eigenvalue weighted by molar-refractivity contribution is 7.07. The zero-order valence-electron chi connectivity index (χ0n) is 8.72. The van der Waals surface area contributed by atoms with Crippen molar-refractivity contribution in [1.29, 1.82) is 0 Å². The molecule has 0 atom stereocenters. The van der Waals surface area contributed by atoms with Gasteiger partial charge >= 0.3 is 0 Å². The van der Waals surface area contributed by atoms with Crippen LogP contribution in [0.15, 0.2) is 15.4 Å². The molecule has 5 nitrogen and oxygen atoms in total. The highest BCUT2D eigenvalue weighted by Crippen LogP contribution is 2.35. The molecule has 2 aromatic heterocycles. The quantitative estimate of drug-likeness (QED) is 0.861. The number of rotatable bonds is 2. The Labute approximate surface area is 96.7 Å². The van der Waals surface area contributed by atoms with Crippen LogP contribution in [-0.2, 0) is 5.54 Å². The second-order valence-corrected chi connectivity index (χ2v) is 4.88. The Morgan fingerprint density at radius 3 is 2.88 bits per heavy atom. The molecule has 0 amide bonds. The van der Waals surface area contributed by atoms with Gasteiger partial charge < -0.3 is 10.3 Å². The van der Waals surface area contributed by atoms with Crippen LogP contribution in [-0.4, -0.2) is 15.1 Å². The molecule has 1 fully saturated rings. The maximum absolute atomic E-state index is 6.24. The van der Waals surface area contributed by atoms with Gasteiger partial charge in [0.15, 0.2) is 5.82 Å². The number of nitrogens with zero attached hydrogens (tertiary/aromatic N) is 3. The van der Waals surface area contributed by atoms with Crippen molar-refractivity contribution < 1.29 is 4.52 Å². The van der Waals surface area contributed by atoms with Gasteiger partial charge in [0.25, 0.3) is 5.89 Å². The van der Waals surface area contributed by atoms with Crippen molar-refractivity contribution in [1.82, 2.24) is 15.1 Å². The number of nitrogens with two attached hydrogens (primary N) is 1. The fourth-order valence-electron chi connectivity index (χ4n) is 2.08. The van der Waals surface area contributed by atoms with E-state index in [0.717, 1.165) is 31.4 Å². The Morgan fingerprint density at radius 2 is 2.19 bits per heavy atom. The molecule has 2 N–H and O–H groups in total. The van der Waals surface area contributed by atoms with E-state index in [2.05, 4.69) is 15.1 Å². The molecule has 0 saturated heterocycles. The summed E-state index contributed by atoms with van der Waals surface area (Å²) in [6, 6.07) is 0. The molecule has 0 spiro atoms. The van der Waals surface area contributed by atoms with Gasteiger partial charge in [0.05, 0.1) is 11.0 Å². The predicted octanol–water partition coefficient (Wildman–Crippen LogP) is 1.92. The van der Waals surface area contributed by atoms with Crippen LogP contribution in [0.2, 0.25) is 0 Å². The van der Waals surface area contributed by atoms with E-state index in [1.807, 2.05) is 5.38 Å². The fraction of sp³-hybridized carbons (Fsp3) is 0.500. The molecule has 0 bridgehead atoms. The summed E-state index contributed by atoms with van der Waals surface area (Å²) in [6.45, 7) is 0. The molecule has 84 valence electrons. The average Bonchev–Trinajstić information content (AvgIpc) is 2.98. The first-order valence-electron chi connectivity index (χ1n) is 5.30. The molecule has 0 unspecified atom stereocenters. The minimum Gasteiger partial charge on any atom is -0.332 e. The first-order chi connectivity index (χ1) is 7.78. The van der Waals surface area contributed by atoms with Crippen LogP contribution >= 0.6 is 11.3 Å². The van der Waals surface area contributed by atoms with Gasteiger partial charge in [0.1, 0.15) is 5.69 Å². The molecule has 6 heteroatoms. The Hall–Kier alpha value is -1.27. The van der Waals surface area contributed by atoms with Gasteiger partial charge in [-0.3, -0.25) is 0 Å². The number of hydrogen-bond donors (Lipinski definition) is 1. The highest BCUT2D eigenvalue weighted by atomic mass is 32.1. The van der Waals surface area contributed by atoms with E-state index in [1.54, 1.807) is 5.51 Å². The summed E-state index contributed by atoms with van der Waals surface area (Å²) in [6.07, 6.45) is 4.14. The molecule has 0 aromatic carbocycles. The zero-order chi connectivity index (χ0) is 11.0. The Balaban J connectivity index is 1.93. The maximum atomic E-state index is 6.24. The molecule has 1 saturated carbocycles. The summed E-state index contributed by atoms with van der Waals surface area (Å²) in [5.74, 6) is 1.08. The van der Waals surface area contributed by atoms with Gasteiger partial charge in [-0.05, 0) is 12.8 Å². The lowest BCUT2D eigenvalue weighted by Crippen LogP contribution is -2.34. The van der Waals surface area contributed by atoms with Gasteiger partial charge in [0, 0.05) is 5.38 Å². The third-order valence-corrected chi connectivity index (χ3v) is 3.61. The van der Waals surface area contributed by atoms with E-state index in [0.29, 0.717) is 11.7 Å². The van der Waals surface area contributed by atoms with Crippen molar-refractivity contribution >= 4 is 11.3 Å². The van der Waals surface area contributed by atoms with E-state index in [1.165, 1.54) is 11.3 Å². The molecule has 1 aliphatic rings.